The van der Waals surface area contributed by atoms with Gasteiger partial charge in [-0.1, -0.05) is 12.1 Å². The highest BCUT2D eigenvalue weighted by Crippen LogP contribution is 2.33. The Bertz CT molecular complexity index is 1050. The third-order valence-electron chi connectivity index (χ3n) is 4.12. The van der Waals surface area contributed by atoms with Gasteiger partial charge in [0.1, 0.15) is 5.75 Å². The van der Waals surface area contributed by atoms with E-state index in [0.29, 0.717) is 17.7 Å². The normalized spacial score (nSPS) is 16.6. The smallest absolute Gasteiger partial charge is 0.371 e. The standard InChI is InChI=1S/C17H16N4O6S/c1-11(22)20-17(13-4-8-15(9-5-13)27-28(18,25)26)10-16(19-20)12-2-6-14(7-3-12)21(23)24/h2-9,17H,10H2,1H3,(H2,18,25,26). The largest absolute Gasteiger partial charge is 0.380 e. The van der Waals surface area contributed by atoms with E-state index in [1.165, 1.54) is 36.2 Å². The first-order valence-electron chi connectivity index (χ1n) is 8.08. The zero-order chi connectivity index (χ0) is 20.5. The van der Waals surface area contributed by atoms with Crippen LogP contribution >= 0.6 is 0 Å². The molecular formula is C17H16N4O6S. The molecule has 0 saturated heterocycles. The molecule has 0 fully saturated rings. The third-order valence-corrected chi connectivity index (χ3v) is 4.55. The van der Waals surface area contributed by atoms with E-state index in [9.17, 15) is 23.3 Å². The summed E-state index contributed by atoms with van der Waals surface area (Å²) in [6, 6.07) is 11.6. The molecule has 1 unspecified atom stereocenters. The fourth-order valence-electron chi connectivity index (χ4n) is 2.89. The Hall–Kier alpha value is -3.31. The number of benzene rings is 2. The summed E-state index contributed by atoms with van der Waals surface area (Å²) in [4.78, 5) is 22.3. The second-order valence-electron chi connectivity index (χ2n) is 6.08. The summed E-state index contributed by atoms with van der Waals surface area (Å²) in [6.07, 6.45) is 0.396. The monoisotopic (exact) mass is 404 g/mol. The maximum Gasteiger partial charge on any atom is 0.380 e. The molecule has 1 heterocycles. The van der Waals surface area contributed by atoms with Gasteiger partial charge in [0.05, 0.1) is 16.7 Å². The summed E-state index contributed by atoms with van der Waals surface area (Å²) in [5.74, 6) is -0.220. The van der Waals surface area contributed by atoms with Gasteiger partial charge in [0.2, 0.25) is 5.91 Å². The molecule has 1 atom stereocenters. The average Bonchev–Trinajstić information content (AvgIpc) is 3.07. The van der Waals surface area contributed by atoms with Gasteiger partial charge >= 0.3 is 10.3 Å². The number of rotatable bonds is 5. The molecular weight excluding hydrogens is 388 g/mol. The van der Waals surface area contributed by atoms with E-state index in [1.54, 1.807) is 24.3 Å². The molecule has 0 saturated carbocycles. The van der Waals surface area contributed by atoms with Crippen molar-refractivity contribution in [2.24, 2.45) is 10.2 Å². The van der Waals surface area contributed by atoms with Gasteiger partial charge in [-0.25, -0.2) is 5.01 Å². The van der Waals surface area contributed by atoms with E-state index >= 15 is 0 Å². The Morgan fingerprint density at radius 2 is 1.82 bits per heavy atom. The Labute approximate surface area is 160 Å². The van der Waals surface area contributed by atoms with Crippen LogP contribution in [-0.4, -0.2) is 30.0 Å². The van der Waals surface area contributed by atoms with Gasteiger partial charge in [-0.05, 0) is 35.4 Å². The van der Waals surface area contributed by atoms with E-state index < -0.39 is 21.3 Å². The number of hydrazone groups is 1. The van der Waals surface area contributed by atoms with Gasteiger partial charge in [0, 0.05) is 25.5 Å². The van der Waals surface area contributed by atoms with Gasteiger partial charge in [0.25, 0.3) is 5.69 Å². The lowest BCUT2D eigenvalue weighted by atomic mass is 9.98. The first kappa shape index (κ1) is 19.5. The molecule has 1 aliphatic rings. The summed E-state index contributed by atoms with van der Waals surface area (Å²) in [5, 5.41) is 21.3. The number of hydrogen-bond donors (Lipinski definition) is 1. The van der Waals surface area contributed by atoms with Crippen LogP contribution in [0.2, 0.25) is 0 Å². The van der Waals surface area contributed by atoms with Crippen molar-refractivity contribution in [2.45, 2.75) is 19.4 Å². The second kappa shape index (κ2) is 7.37. The van der Waals surface area contributed by atoms with Crippen molar-refractivity contribution in [1.82, 2.24) is 5.01 Å². The summed E-state index contributed by atoms with van der Waals surface area (Å²) in [7, 11) is -4.12. The van der Waals surface area contributed by atoms with Crippen molar-refractivity contribution in [3.8, 4) is 5.75 Å². The molecule has 0 spiro atoms. The second-order valence-corrected chi connectivity index (χ2v) is 7.23. The van der Waals surface area contributed by atoms with Crippen molar-refractivity contribution >= 4 is 27.6 Å². The zero-order valence-electron chi connectivity index (χ0n) is 14.7. The Kier molecular flexibility index (Phi) is 5.12. The minimum atomic E-state index is -4.12. The molecule has 10 nitrogen and oxygen atoms in total. The predicted molar refractivity (Wildman–Crippen MR) is 99.7 cm³/mol. The van der Waals surface area contributed by atoms with Gasteiger partial charge in [-0.3, -0.25) is 14.9 Å². The molecule has 0 bridgehead atoms. The number of nitrogens with two attached hydrogens (primary N) is 1. The van der Waals surface area contributed by atoms with Crippen LogP contribution in [0.4, 0.5) is 5.69 Å². The van der Waals surface area contributed by atoms with Gasteiger partial charge in [0.15, 0.2) is 0 Å². The van der Waals surface area contributed by atoms with E-state index in [4.69, 9.17) is 5.14 Å². The molecule has 11 heteroatoms. The number of non-ortho nitro benzene ring substituents is 1. The molecule has 146 valence electrons. The Morgan fingerprint density at radius 3 is 2.32 bits per heavy atom. The lowest BCUT2D eigenvalue weighted by molar-refractivity contribution is -0.384. The Balaban J connectivity index is 1.85. The zero-order valence-corrected chi connectivity index (χ0v) is 15.5. The van der Waals surface area contributed by atoms with Crippen molar-refractivity contribution < 1.29 is 22.3 Å². The number of nitro benzene ring substituents is 1. The molecule has 0 aliphatic carbocycles. The third kappa shape index (κ3) is 4.32. The fourth-order valence-corrected chi connectivity index (χ4v) is 3.27. The van der Waals surface area contributed by atoms with Gasteiger partial charge < -0.3 is 4.18 Å². The van der Waals surface area contributed by atoms with Crippen LogP contribution in [0.3, 0.4) is 0 Å². The molecule has 2 N–H and O–H groups in total. The lowest BCUT2D eigenvalue weighted by Gasteiger charge is -2.20. The topological polar surface area (TPSA) is 145 Å². The number of carbonyl (C=O) groups excluding carboxylic acids is 1. The number of carbonyl (C=O) groups is 1. The quantitative estimate of drug-likeness (QED) is 0.595. The predicted octanol–water partition coefficient (Wildman–Crippen LogP) is 1.87. The average molecular weight is 404 g/mol. The van der Waals surface area contributed by atoms with Crippen molar-refractivity contribution in [3.05, 3.63) is 69.8 Å². The lowest BCUT2D eigenvalue weighted by Crippen LogP contribution is -2.24. The molecule has 3 rings (SSSR count). The van der Waals surface area contributed by atoms with Crippen molar-refractivity contribution in [1.29, 1.82) is 0 Å². The van der Waals surface area contributed by atoms with Crippen LogP contribution in [0.5, 0.6) is 5.75 Å². The molecule has 28 heavy (non-hydrogen) atoms. The maximum absolute atomic E-state index is 12.0. The van der Waals surface area contributed by atoms with Crippen LogP contribution in [0, 0.1) is 10.1 Å². The van der Waals surface area contributed by atoms with Gasteiger partial charge in [-0.15, -0.1) is 0 Å². The number of hydrogen-bond acceptors (Lipinski definition) is 7. The van der Waals surface area contributed by atoms with E-state index in [-0.39, 0.29) is 17.3 Å². The number of amides is 1. The van der Waals surface area contributed by atoms with E-state index in [2.05, 4.69) is 9.28 Å². The minimum Gasteiger partial charge on any atom is -0.371 e. The Morgan fingerprint density at radius 1 is 1.21 bits per heavy atom. The van der Waals surface area contributed by atoms with Crippen LogP contribution < -0.4 is 9.32 Å². The summed E-state index contributed by atoms with van der Waals surface area (Å²) < 4.78 is 26.6. The minimum absolute atomic E-state index is 0.0345. The number of nitro groups is 1. The SMILES string of the molecule is CC(=O)N1N=C(c2ccc([N+](=O)[O-])cc2)CC1c1ccc(OS(N)(=O)=O)cc1. The molecule has 0 radical (unpaired) electrons. The summed E-state index contributed by atoms with van der Waals surface area (Å²) in [6.45, 7) is 1.38. The van der Waals surface area contributed by atoms with Crippen LogP contribution in [0.1, 0.15) is 30.5 Å². The van der Waals surface area contributed by atoms with Gasteiger partial charge in [-0.2, -0.15) is 18.7 Å². The molecule has 0 aromatic heterocycles. The highest BCUT2D eigenvalue weighted by Gasteiger charge is 2.31. The molecule has 2 aromatic rings. The van der Waals surface area contributed by atoms with E-state index in [1.807, 2.05) is 0 Å². The van der Waals surface area contributed by atoms with Crippen molar-refractivity contribution in [2.75, 3.05) is 0 Å². The highest BCUT2D eigenvalue weighted by molar-refractivity contribution is 7.84. The van der Waals surface area contributed by atoms with Crippen molar-refractivity contribution in [3.63, 3.8) is 0 Å². The fraction of sp³-hybridized carbons (Fsp3) is 0.176. The molecule has 2 aromatic carbocycles. The molecule has 1 amide bonds. The number of nitrogens with zero attached hydrogens (tertiary/aromatic N) is 3. The van der Waals surface area contributed by atoms with Crippen LogP contribution in [-0.2, 0) is 15.1 Å². The maximum atomic E-state index is 12.0. The molecule has 1 aliphatic heterocycles. The summed E-state index contributed by atoms with van der Waals surface area (Å²) >= 11 is 0. The first-order valence-corrected chi connectivity index (χ1v) is 9.55. The van der Waals surface area contributed by atoms with E-state index in [0.717, 1.165) is 5.56 Å². The highest BCUT2D eigenvalue weighted by atomic mass is 32.2. The summed E-state index contributed by atoms with van der Waals surface area (Å²) in [5.41, 5.74) is 1.97. The van der Waals surface area contributed by atoms with Crippen LogP contribution in [0.25, 0.3) is 0 Å². The first-order chi connectivity index (χ1) is 13.1. The van der Waals surface area contributed by atoms with Crippen LogP contribution in [0.15, 0.2) is 53.6 Å².